The van der Waals surface area contributed by atoms with E-state index >= 15 is 0 Å². The van der Waals surface area contributed by atoms with Crippen molar-refractivity contribution in [1.29, 1.82) is 0 Å². The van der Waals surface area contributed by atoms with Gasteiger partial charge in [-0.3, -0.25) is 4.98 Å². The first-order chi connectivity index (χ1) is 8.70. The molecule has 2 aromatic rings. The Labute approximate surface area is 112 Å². The molecule has 0 bridgehead atoms. The van der Waals surface area contributed by atoms with E-state index in [0.717, 1.165) is 17.0 Å². The average Bonchev–Trinajstić information content (AvgIpc) is 2.36. The van der Waals surface area contributed by atoms with Crippen LogP contribution in [0.25, 0.3) is 0 Å². The summed E-state index contributed by atoms with van der Waals surface area (Å²) in [6, 6.07) is 9.38. The Bertz CT molecular complexity index is 526. The fraction of sp³-hybridized carbons (Fsp3) is 0.214. The number of nitrogens with zero attached hydrogens (tertiary/aromatic N) is 1. The van der Waals surface area contributed by atoms with E-state index in [1.54, 1.807) is 6.20 Å². The lowest BCUT2D eigenvalue weighted by molar-refractivity contribution is 0.473. The van der Waals surface area contributed by atoms with E-state index in [1.165, 1.54) is 0 Å². The zero-order chi connectivity index (χ0) is 13.0. The van der Waals surface area contributed by atoms with Crippen LogP contribution >= 0.6 is 11.6 Å². The maximum Gasteiger partial charge on any atom is 0.145 e. The molecule has 0 aliphatic heterocycles. The van der Waals surface area contributed by atoms with Gasteiger partial charge in [0.2, 0.25) is 0 Å². The number of hydrogen-bond acceptors (Lipinski definition) is 3. The van der Waals surface area contributed by atoms with E-state index in [2.05, 4.69) is 4.98 Å². The fourth-order valence-corrected chi connectivity index (χ4v) is 1.92. The second-order valence-corrected chi connectivity index (χ2v) is 4.40. The van der Waals surface area contributed by atoms with E-state index in [-0.39, 0.29) is 0 Å². The highest BCUT2D eigenvalue weighted by molar-refractivity contribution is 6.31. The second kappa shape index (κ2) is 5.85. The first-order valence-electron chi connectivity index (χ1n) is 5.78. The first kappa shape index (κ1) is 12.9. The molecule has 0 aliphatic rings. The van der Waals surface area contributed by atoms with Gasteiger partial charge in [-0.25, -0.2) is 0 Å². The molecule has 0 atom stereocenters. The van der Waals surface area contributed by atoms with E-state index in [1.807, 2.05) is 37.3 Å². The van der Waals surface area contributed by atoms with Gasteiger partial charge in [0.05, 0.1) is 6.20 Å². The maximum absolute atomic E-state index is 6.15. The van der Waals surface area contributed by atoms with Crippen molar-refractivity contribution in [3.63, 3.8) is 0 Å². The molecule has 1 aromatic heterocycles. The molecule has 0 fully saturated rings. The summed E-state index contributed by atoms with van der Waals surface area (Å²) in [4.78, 5) is 4.19. The average molecular weight is 263 g/mol. The Morgan fingerprint density at radius 2 is 2.11 bits per heavy atom. The van der Waals surface area contributed by atoms with Gasteiger partial charge >= 0.3 is 0 Å². The molecule has 3 nitrogen and oxygen atoms in total. The molecule has 0 saturated heterocycles. The number of pyridine rings is 1. The smallest absolute Gasteiger partial charge is 0.145 e. The van der Waals surface area contributed by atoms with Crippen LogP contribution in [-0.4, -0.2) is 11.5 Å². The molecule has 0 aliphatic carbocycles. The van der Waals surface area contributed by atoms with Gasteiger partial charge in [-0.15, -0.1) is 0 Å². The van der Waals surface area contributed by atoms with Gasteiger partial charge in [-0.2, -0.15) is 0 Å². The number of nitrogens with two attached hydrogens (primary N) is 1. The van der Waals surface area contributed by atoms with Crippen LogP contribution in [-0.2, 0) is 6.42 Å². The predicted molar refractivity (Wildman–Crippen MR) is 73.3 cm³/mol. The maximum atomic E-state index is 6.15. The van der Waals surface area contributed by atoms with Gasteiger partial charge < -0.3 is 10.5 Å². The van der Waals surface area contributed by atoms with Gasteiger partial charge in [0.1, 0.15) is 11.5 Å². The number of aryl methyl sites for hydroxylation is 1. The summed E-state index contributed by atoms with van der Waals surface area (Å²) in [6.07, 6.45) is 2.39. The lowest BCUT2D eigenvalue weighted by Crippen LogP contribution is -2.04. The van der Waals surface area contributed by atoms with E-state index in [0.29, 0.717) is 23.7 Å². The zero-order valence-corrected chi connectivity index (χ0v) is 10.9. The van der Waals surface area contributed by atoms with Crippen LogP contribution in [0.5, 0.6) is 11.5 Å². The van der Waals surface area contributed by atoms with Crippen molar-refractivity contribution in [1.82, 2.24) is 4.98 Å². The molecule has 0 saturated carbocycles. The highest BCUT2D eigenvalue weighted by atomic mass is 35.5. The van der Waals surface area contributed by atoms with Gasteiger partial charge in [-0.1, -0.05) is 17.7 Å². The minimum Gasteiger partial charge on any atom is -0.455 e. The van der Waals surface area contributed by atoms with Crippen LogP contribution in [0.3, 0.4) is 0 Å². The molecule has 18 heavy (non-hydrogen) atoms. The lowest BCUT2D eigenvalue weighted by atomic mass is 10.1. The lowest BCUT2D eigenvalue weighted by Gasteiger charge is -2.11. The van der Waals surface area contributed by atoms with Crippen molar-refractivity contribution in [2.24, 2.45) is 5.73 Å². The summed E-state index contributed by atoms with van der Waals surface area (Å²) in [5.41, 5.74) is 7.47. The Kier molecular flexibility index (Phi) is 4.18. The van der Waals surface area contributed by atoms with Crippen LogP contribution < -0.4 is 10.5 Å². The molecule has 1 heterocycles. The van der Waals surface area contributed by atoms with Crippen LogP contribution in [0.15, 0.2) is 36.5 Å². The molecule has 4 heteroatoms. The highest BCUT2D eigenvalue weighted by Gasteiger charge is 2.08. The topological polar surface area (TPSA) is 48.1 Å². The molecule has 0 radical (unpaired) electrons. The quantitative estimate of drug-likeness (QED) is 0.919. The van der Waals surface area contributed by atoms with Gasteiger partial charge in [0, 0.05) is 16.3 Å². The van der Waals surface area contributed by atoms with Gasteiger partial charge in [0.25, 0.3) is 0 Å². The predicted octanol–water partition coefficient (Wildman–Crippen LogP) is 3.34. The van der Waals surface area contributed by atoms with Crippen molar-refractivity contribution in [3.8, 4) is 11.5 Å². The molecule has 0 amide bonds. The van der Waals surface area contributed by atoms with Crippen molar-refractivity contribution in [3.05, 3.63) is 52.8 Å². The molecule has 1 aromatic carbocycles. The number of benzene rings is 1. The van der Waals surface area contributed by atoms with E-state index in [9.17, 15) is 0 Å². The number of halogens is 1. The Morgan fingerprint density at radius 1 is 1.28 bits per heavy atom. The second-order valence-electron chi connectivity index (χ2n) is 3.99. The Balaban J connectivity index is 2.28. The third kappa shape index (κ3) is 3.00. The minimum atomic E-state index is 0.534. The van der Waals surface area contributed by atoms with Crippen LogP contribution in [0.2, 0.25) is 5.02 Å². The SMILES string of the molecule is Cc1ccc(Oc2cccc(Cl)c2CCN)cn1. The van der Waals surface area contributed by atoms with Crippen LogP contribution in [0, 0.1) is 6.92 Å². The molecule has 94 valence electrons. The summed E-state index contributed by atoms with van der Waals surface area (Å²) in [5, 5.41) is 0.679. The number of ether oxygens (including phenoxy) is 1. The zero-order valence-electron chi connectivity index (χ0n) is 10.2. The summed E-state index contributed by atoms with van der Waals surface area (Å²) in [7, 11) is 0. The molecular weight excluding hydrogens is 248 g/mol. The first-order valence-corrected chi connectivity index (χ1v) is 6.16. The van der Waals surface area contributed by atoms with E-state index < -0.39 is 0 Å². The minimum absolute atomic E-state index is 0.534. The van der Waals surface area contributed by atoms with Crippen LogP contribution in [0.1, 0.15) is 11.3 Å². The number of rotatable bonds is 4. The summed E-state index contributed by atoms with van der Waals surface area (Å²) < 4.78 is 5.80. The molecule has 0 unspecified atom stereocenters. The summed E-state index contributed by atoms with van der Waals surface area (Å²) >= 11 is 6.15. The molecule has 0 spiro atoms. The van der Waals surface area contributed by atoms with Crippen LogP contribution in [0.4, 0.5) is 0 Å². The highest BCUT2D eigenvalue weighted by Crippen LogP contribution is 2.30. The summed E-state index contributed by atoms with van der Waals surface area (Å²) in [6.45, 7) is 2.47. The fourth-order valence-electron chi connectivity index (χ4n) is 1.66. The number of hydrogen-bond donors (Lipinski definition) is 1. The van der Waals surface area contributed by atoms with E-state index in [4.69, 9.17) is 22.1 Å². The Hall–Kier alpha value is -1.58. The molecular formula is C14H15ClN2O. The van der Waals surface area contributed by atoms with Crippen molar-refractivity contribution in [2.75, 3.05) is 6.54 Å². The Morgan fingerprint density at radius 3 is 2.78 bits per heavy atom. The molecule has 2 rings (SSSR count). The third-order valence-electron chi connectivity index (χ3n) is 2.58. The monoisotopic (exact) mass is 262 g/mol. The standard InChI is InChI=1S/C14H15ClN2O/c1-10-5-6-11(9-17-10)18-14-4-2-3-13(15)12(14)7-8-16/h2-6,9H,7-8,16H2,1H3. The van der Waals surface area contributed by atoms with Crippen molar-refractivity contribution in [2.45, 2.75) is 13.3 Å². The summed E-state index contributed by atoms with van der Waals surface area (Å²) in [5.74, 6) is 1.43. The third-order valence-corrected chi connectivity index (χ3v) is 2.94. The van der Waals surface area contributed by atoms with Crippen molar-refractivity contribution < 1.29 is 4.74 Å². The normalized spacial score (nSPS) is 10.4. The van der Waals surface area contributed by atoms with Gasteiger partial charge in [-0.05, 0) is 44.2 Å². The molecule has 2 N–H and O–H groups in total. The van der Waals surface area contributed by atoms with Gasteiger partial charge in [0.15, 0.2) is 0 Å². The van der Waals surface area contributed by atoms with Crippen molar-refractivity contribution >= 4 is 11.6 Å². The number of aromatic nitrogens is 1. The largest absolute Gasteiger partial charge is 0.455 e.